The molecule has 0 heterocycles. The van der Waals surface area contributed by atoms with E-state index < -0.39 is 11.7 Å². The molecule has 0 saturated carbocycles. The Hall–Kier alpha value is -1.62. The van der Waals surface area contributed by atoms with Gasteiger partial charge in [0.05, 0.1) is 6.10 Å². The number of carbonyl (C=O) groups is 1. The third-order valence-corrected chi connectivity index (χ3v) is 3.23. The van der Waals surface area contributed by atoms with Crippen LogP contribution in [0, 0.1) is 11.7 Å². The van der Waals surface area contributed by atoms with Gasteiger partial charge in [0.1, 0.15) is 11.6 Å². The molecule has 0 aromatic heterocycles. The Morgan fingerprint density at radius 3 is 2.43 bits per heavy atom. The second-order valence-corrected chi connectivity index (χ2v) is 5.92. The number of amides is 1. The number of hydrogen-bond donors (Lipinski definition) is 2. The summed E-state index contributed by atoms with van der Waals surface area (Å²) in [6, 6.07) is 5.52. The first-order valence-corrected chi connectivity index (χ1v) is 7.13. The van der Waals surface area contributed by atoms with Crippen molar-refractivity contribution >= 4 is 5.91 Å². The topological polar surface area (TPSA) is 58.6 Å². The predicted octanol–water partition coefficient (Wildman–Crippen LogP) is 2.51. The maximum absolute atomic E-state index is 12.8. The number of ether oxygens (including phenoxy) is 1. The molecule has 0 aliphatic carbocycles. The van der Waals surface area contributed by atoms with Crippen molar-refractivity contribution in [1.82, 2.24) is 5.32 Å². The van der Waals surface area contributed by atoms with Crippen LogP contribution in [-0.4, -0.2) is 29.3 Å². The van der Waals surface area contributed by atoms with Crippen LogP contribution in [0.15, 0.2) is 24.3 Å². The standard InChI is InChI=1S/C16H24FNO3/c1-11(2)14(19)9-10-18-15(20)16(3,4)21-13-7-5-12(17)6-8-13/h5-8,11,14,19H,9-10H2,1-4H3,(H,18,20). The smallest absolute Gasteiger partial charge is 0.263 e. The van der Waals surface area contributed by atoms with E-state index in [4.69, 9.17) is 4.74 Å². The highest BCUT2D eigenvalue weighted by molar-refractivity contribution is 5.84. The fourth-order valence-electron chi connectivity index (χ4n) is 1.72. The van der Waals surface area contributed by atoms with Crippen molar-refractivity contribution in [2.75, 3.05) is 6.54 Å². The minimum Gasteiger partial charge on any atom is -0.478 e. The Kier molecular flexibility index (Phi) is 6.15. The zero-order chi connectivity index (χ0) is 16.0. The van der Waals surface area contributed by atoms with Crippen molar-refractivity contribution in [2.24, 2.45) is 5.92 Å². The molecule has 0 aliphatic rings. The van der Waals surface area contributed by atoms with Crippen molar-refractivity contribution in [2.45, 2.75) is 45.8 Å². The third kappa shape index (κ3) is 5.71. The number of benzene rings is 1. The Morgan fingerprint density at radius 1 is 1.33 bits per heavy atom. The minimum absolute atomic E-state index is 0.158. The molecule has 0 radical (unpaired) electrons. The van der Waals surface area contributed by atoms with E-state index in [-0.39, 0.29) is 17.6 Å². The second kappa shape index (κ2) is 7.41. The quantitative estimate of drug-likeness (QED) is 0.813. The van der Waals surface area contributed by atoms with Crippen LogP contribution in [0.25, 0.3) is 0 Å². The van der Waals surface area contributed by atoms with Crippen molar-refractivity contribution in [3.63, 3.8) is 0 Å². The van der Waals surface area contributed by atoms with E-state index in [0.717, 1.165) is 0 Å². The highest BCUT2D eigenvalue weighted by atomic mass is 19.1. The van der Waals surface area contributed by atoms with Crippen LogP contribution in [0.3, 0.4) is 0 Å². The molecule has 5 heteroatoms. The molecule has 4 nitrogen and oxygen atoms in total. The van der Waals surface area contributed by atoms with Gasteiger partial charge >= 0.3 is 0 Å². The summed E-state index contributed by atoms with van der Waals surface area (Å²) >= 11 is 0. The largest absolute Gasteiger partial charge is 0.478 e. The maximum atomic E-state index is 12.8. The molecule has 1 rings (SSSR count). The number of carbonyl (C=O) groups excluding carboxylic acids is 1. The molecule has 1 aromatic carbocycles. The summed E-state index contributed by atoms with van der Waals surface area (Å²) in [6.45, 7) is 7.52. The summed E-state index contributed by atoms with van der Waals surface area (Å²) < 4.78 is 18.4. The monoisotopic (exact) mass is 297 g/mol. The van der Waals surface area contributed by atoms with E-state index in [1.807, 2.05) is 13.8 Å². The third-order valence-electron chi connectivity index (χ3n) is 3.23. The Balaban J connectivity index is 2.49. The predicted molar refractivity (Wildman–Crippen MR) is 79.6 cm³/mol. The van der Waals surface area contributed by atoms with Gasteiger partial charge in [-0.2, -0.15) is 0 Å². The summed E-state index contributed by atoms with van der Waals surface area (Å²) in [6.07, 6.45) is 0.0576. The van der Waals surface area contributed by atoms with E-state index in [2.05, 4.69) is 5.32 Å². The normalized spacial score (nSPS) is 13.1. The Labute approximate surface area is 125 Å². The van der Waals surface area contributed by atoms with Crippen LogP contribution in [0.4, 0.5) is 4.39 Å². The number of aliphatic hydroxyl groups is 1. The lowest BCUT2D eigenvalue weighted by molar-refractivity contribution is -0.134. The average Bonchev–Trinajstić information content (AvgIpc) is 2.40. The zero-order valence-electron chi connectivity index (χ0n) is 13.0. The highest BCUT2D eigenvalue weighted by Gasteiger charge is 2.29. The first kappa shape index (κ1) is 17.4. The average molecular weight is 297 g/mol. The fourth-order valence-corrected chi connectivity index (χ4v) is 1.72. The Bertz CT molecular complexity index is 457. The van der Waals surface area contributed by atoms with Crippen molar-refractivity contribution in [1.29, 1.82) is 0 Å². The molecule has 118 valence electrons. The van der Waals surface area contributed by atoms with Gasteiger partial charge in [0, 0.05) is 6.54 Å². The van der Waals surface area contributed by atoms with Gasteiger partial charge in [0.15, 0.2) is 5.60 Å². The minimum atomic E-state index is -1.07. The molecule has 1 amide bonds. The van der Waals surface area contributed by atoms with Crippen LogP contribution in [0.1, 0.15) is 34.1 Å². The fraction of sp³-hybridized carbons (Fsp3) is 0.562. The second-order valence-electron chi connectivity index (χ2n) is 5.92. The van der Waals surface area contributed by atoms with Crippen LogP contribution < -0.4 is 10.1 Å². The highest BCUT2D eigenvalue weighted by Crippen LogP contribution is 2.19. The molecule has 0 fully saturated rings. The maximum Gasteiger partial charge on any atom is 0.263 e. The lowest BCUT2D eigenvalue weighted by atomic mass is 10.0. The first-order valence-electron chi connectivity index (χ1n) is 7.13. The van der Waals surface area contributed by atoms with E-state index >= 15 is 0 Å². The summed E-state index contributed by atoms with van der Waals surface area (Å²) in [5.41, 5.74) is -1.07. The van der Waals surface area contributed by atoms with E-state index in [0.29, 0.717) is 18.7 Å². The number of rotatable bonds is 7. The Morgan fingerprint density at radius 2 is 1.90 bits per heavy atom. The molecule has 0 saturated heterocycles. The van der Waals surface area contributed by atoms with Crippen LogP contribution in [0.2, 0.25) is 0 Å². The molecule has 0 aliphatic heterocycles. The summed E-state index contributed by atoms with van der Waals surface area (Å²) in [7, 11) is 0. The molecule has 2 N–H and O–H groups in total. The SMILES string of the molecule is CC(C)C(O)CCNC(=O)C(C)(C)Oc1ccc(F)cc1. The van der Waals surface area contributed by atoms with Gasteiger partial charge in [-0.25, -0.2) is 4.39 Å². The molecule has 21 heavy (non-hydrogen) atoms. The van der Waals surface area contributed by atoms with Gasteiger partial charge < -0.3 is 15.2 Å². The van der Waals surface area contributed by atoms with Crippen LogP contribution in [0.5, 0.6) is 5.75 Å². The summed E-state index contributed by atoms with van der Waals surface area (Å²) in [5, 5.41) is 12.4. The van der Waals surface area contributed by atoms with Crippen molar-refractivity contribution < 1.29 is 19.0 Å². The van der Waals surface area contributed by atoms with Crippen LogP contribution >= 0.6 is 0 Å². The van der Waals surface area contributed by atoms with Crippen molar-refractivity contribution in [3.8, 4) is 5.75 Å². The van der Waals surface area contributed by atoms with Gasteiger partial charge in [0.25, 0.3) is 5.91 Å². The first-order chi connectivity index (χ1) is 9.72. The number of nitrogens with one attached hydrogen (secondary N) is 1. The molecule has 1 unspecified atom stereocenters. The van der Waals surface area contributed by atoms with Crippen molar-refractivity contribution in [3.05, 3.63) is 30.1 Å². The van der Waals surface area contributed by atoms with Crippen LogP contribution in [-0.2, 0) is 4.79 Å². The lowest BCUT2D eigenvalue weighted by Gasteiger charge is -2.25. The van der Waals surface area contributed by atoms with Gasteiger partial charge in [-0.05, 0) is 50.5 Å². The molecule has 0 spiro atoms. The lowest BCUT2D eigenvalue weighted by Crippen LogP contribution is -2.47. The summed E-state index contributed by atoms with van der Waals surface area (Å²) in [4.78, 5) is 12.1. The molecule has 0 bridgehead atoms. The molecular formula is C16H24FNO3. The van der Waals surface area contributed by atoms with E-state index in [1.165, 1.54) is 24.3 Å². The molecular weight excluding hydrogens is 273 g/mol. The van der Waals surface area contributed by atoms with Gasteiger partial charge in [-0.1, -0.05) is 13.8 Å². The van der Waals surface area contributed by atoms with Gasteiger partial charge in [-0.3, -0.25) is 4.79 Å². The van der Waals surface area contributed by atoms with Gasteiger partial charge in [0.2, 0.25) is 0 Å². The van der Waals surface area contributed by atoms with E-state index in [1.54, 1.807) is 13.8 Å². The number of halogens is 1. The molecule has 1 aromatic rings. The number of aliphatic hydroxyl groups excluding tert-OH is 1. The van der Waals surface area contributed by atoms with E-state index in [9.17, 15) is 14.3 Å². The summed E-state index contributed by atoms with van der Waals surface area (Å²) in [5.74, 6) is -0.0424. The molecule has 1 atom stereocenters. The zero-order valence-corrected chi connectivity index (χ0v) is 13.0. The van der Waals surface area contributed by atoms with Gasteiger partial charge in [-0.15, -0.1) is 0 Å². The number of hydrogen-bond acceptors (Lipinski definition) is 3.